The van der Waals surface area contributed by atoms with Gasteiger partial charge in [-0.2, -0.15) is 0 Å². The first-order chi connectivity index (χ1) is 6.65. The Bertz CT molecular complexity index is 289. The number of alkyl halides is 1. The lowest BCUT2D eigenvalue weighted by atomic mass is 10.1. The molecule has 0 aliphatic heterocycles. The van der Waals surface area contributed by atoms with Crippen molar-refractivity contribution in [2.75, 3.05) is 12.5 Å². The van der Waals surface area contributed by atoms with Gasteiger partial charge >= 0.3 is 0 Å². The molecular formula is C11H14ClFO. The molecule has 0 unspecified atom stereocenters. The highest BCUT2D eigenvalue weighted by atomic mass is 35.5. The topological polar surface area (TPSA) is 9.23 Å². The van der Waals surface area contributed by atoms with Crippen LogP contribution in [-0.2, 0) is 0 Å². The number of benzene rings is 1. The van der Waals surface area contributed by atoms with Crippen molar-refractivity contribution in [3.63, 3.8) is 0 Å². The van der Waals surface area contributed by atoms with Crippen LogP contribution in [-0.4, -0.2) is 12.5 Å². The van der Waals surface area contributed by atoms with Crippen molar-refractivity contribution in [1.29, 1.82) is 0 Å². The van der Waals surface area contributed by atoms with Gasteiger partial charge in [-0.15, -0.1) is 11.6 Å². The Labute approximate surface area is 88.8 Å². The summed E-state index contributed by atoms with van der Waals surface area (Å²) in [5.41, 5.74) is 1.66. The molecule has 0 aromatic heterocycles. The van der Waals surface area contributed by atoms with E-state index in [2.05, 4.69) is 0 Å². The summed E-state index contributed by atoms with van der Waals surface area (Å²) in [4.78, 5) is 0. The third kappa shape index (κ3) is 2.88. The Balaban J connectivity index is 2.75. The molecular weight excluding hydrogens is 203 g/mol. The van der Waals surface area contributed by atoms with E-state index < -0.39 is 0 Å². The second-order valence-corrected chi connectivity index (χ2v) is 3.64. The lowest BCUT2D eigenvalue weighted by Gasteiger charge is -2.11. The molecule has 0 heterocycles. The minimum Gasteiger partial charge on any atom is -0.493 e. The van der Waals surface area contributed by atoms with Gasteiger partial charge in [0.15, 0.2) is 0 Å². The van der Waals surface area contributed by atoms with Crippen LogP contribution in [0.1, 0.15) is 17.5 Å². The molecule has 78 valence electrons. The van der Waals surface area contributed by atoms with Gasteiger partial charge < -0.3 is 4.74 Å². The number of halogens is 2. The Morgan fingerprint density at radius 1 is 1.29 bits per heavy atom. The van der Waals surface area contributed by atoms with Crippen LogP contribution < -0.4 is 4.74 Å². The summed E-state index contributed by atoms with van der Waals surface area (Å²) in [6.45, 7) is 4.26. The van der Waals surface area contributed by atoms with Gasteiger partial charge in [-0.3, -0.25) is 0 Å². The van der Waals surface area contributed by atoms with Gasteiger partial charge in [0.25, 0.3) is 0 Å². The van der Waals surface area contributed by atoms with Crippen molar-refractivity contribution in [1.82, 2.24) is 0 Å². The molecule has 0 saturated carbocycles. The van der Waals surface area contributed by atoms with Gasteiger partial charge in [-0.1, -0.05) is 0 Å². The lowest BCUT2D eigenvalue weighted by Crippen LogP contribution is -2.01. The fourth-order valence-corrected chi connectivity index (χ4v) is 1.46. The van der Waals surface area contributed by atoms with E-state index in [1.165, 1.54) is 12.1 Å². The van der Waals surface area contributed by atoms with Gasteiger partial charge in [-0.25, -0.2) is 4.39 Å². The average Bonchev–Trinajstić information content (AvgIpc) is 2.09. The van der Waals surface area contributed by atoms with Gasteiger partial charge in [0.1, 0.15) is 11.6 Å². The van der Waals surface area contributed by atoms with Gasteiger partial charge in [0, 0.05) is 5.88 Å². The summed E-state index contributed by atoms with van der Waals surface area (Å²) < 4.78 is 18.4. The summed E-state index contributed by atoms with van der Waals surface area (Å²) in [5.74, 6) is 1.14. The molecule has 0 fully saturated rings. The van der Waals surface area contributed by atoms with E-state index in [1.807, 2.05) is 13.8 Å². The summed E-state index contributed by atoms with van der Waals surface area (Å²) in [6.07, 6.45) is 0.803. The number of aryl methyl sites for hydroxylation is 2. The number of ether oxygens (including phenoxy) is 1. The molecule has 14 heavy (non-hydrogen) atoms. The Morgan fingerprint density at radius 3 is 2.36 bits per heavy atom. The molecule has 1 aromatic rings. The van der Waals surface area contributed by atoms with Crippen molar-refractivity contribution in [2.45, 2.75) is 20.3 Å². The van der Waals surface area contributed by atoms with Crippen LogP contribution in [0, 0.1) is 19.7 Å². The van der Waals surface area contributed by atoms with Crippen LogP contribution in [0.15, 0.2) is 12.1 Å². The quantitative estimate of drug-likeness (QED) is 0.553. The SMILES string of the molecule is Cc1cc(F)cc(C)c1OCCCCl. The second kappa shape index (κ2) is 5.20. The molecule has 0 bridgehead atoms. The maximum Gasteiger partial charge on any atom is 0.125 e. The predicted molar refractivity (Wildman–Crippen MR) is 56.7 cm³/mol. The zero-order chi connectivity index (χ0) is 10.6. The number of hydrogen-bond donors (Lipinski definition) is 0. The zero-order valence-electron chi connectivity index (χ0n) is 8.44. The summed E-state index contributed by atoms with van der Waals surface area (Å²) in [5, 5.41) is 0. The maximum absolute atomic E-state index is 12.9. The van der Waals surface area contributed by atoms with E-state index in [-0.39, 0.29) is 5.82 Å². The summed E-state index contributed by atoms with van der Waals surface area (Å²) in [7, 11) is 0. The molecule has 0 aliphatic carbocycles. The fourth-order valence-electron chi connectivity index (χ4n) is 1.35. The first-order valence-corrected chi connectivity index (χ1v) is 5.14. The third-order valence-corrected chi connectivity index (χ3v) is 2.22. The minimum atomic E-state index is -0.218. The molecule has 1 nitrogen and oxygen atoms in total. The molecule has 0 amide bonds. The van der Waals surface area contributed by atoms with Crippen LogP contribution in [0.4, 0.5) is 4.39 Å². The highest BCUT2D eigenvalue weighted by Gasteiger charge is 2.05. The summed E-state index contributed by atoms with van der Waals surface area (Å²) >= 11 is 5.53. The van der Waals surface area contributed by atoms with Crippen molar-refractivity contribution < 1.29 is 9.13 Å². The van der Waals surface area contributed by atoms with E-state index in [0.29, 0.717) is 12.5 Å². The molecule has 1 aromatic carbocycles. The van der Waals surface area contributed by atoms with Crippen LogP contribution in [0.5, 0.6) is 5.75 Å². The monoisotopic (exact) mass is 216 g/mol. The molecule has 0 N–H and O–H groups in total. The number of rotatable bonds is 4. The first kappa shape index (κ1) is 11.3. The molecule has 0 radical (unpaired) electrons. The predicted octanol–water partition coefficient (Wildman–Crippen LogP) is 3.45. The van der Waals surface area contributed by atoms with Gasteiger partial charge in [0.05, 0.1) is 6.61 Å². The normalized spacial score (nSPS) is 10.3. The molecule has 0 spiro atoms. The smallest absolute Gasteiger partial charge is 0.125 e. The fraction of sp³-hybridized carbons (Fsp3) is 0.455. The highest BCUT2D eigenvalue weighted by Crippen LogP contribution is 2.24. The van der Waals surface area contributed by atoms with Crippen molar-refractivity contribution in [3.05, 3.63) is 29.1 Å². The van der Waals surface area contributed by atoms with Gasteiger partial charge in [0.2, 0.25) is 0 Å². The number of hydrogen-bond acceptors (Lipinski definition) is 1. The van der Waals surface area contributed by atoms with Crippen molar-refractivity contribution in [3.8, 4) is 5.75 Å². The summed E-state index contributed by atoms with van der Waals surface area (Å²) in [6, 6.07) is 2.95. The average molecular weight is 217 g/mol. The zero-order valence-corrected chi connectivity index (χ0v) is 9.20. The molecule has 1 rings (SSSR count). The molecule has 3 heteroatoms. The van der Waals surface area contributed by atoms with E-state index in [9.17, 15) is 4.39 Å². The van der Waals surface area contributed by atoms with Crippen LogP contribution >= 0.6 is 11.6 Å². The van der Waals surface area contributed by atoms with Crippen LogP contribution in [0.2, 0.25) is 0 Å². The first-order valence-electron chi connectivity index (χ1n) is 4.60. The van der Waals surface area contributed by atoms with E-state index in [0.717, 1.165) is 23.3 Å². The molecule has 0 saturated heterocycles. The Morgan fingerprint density at radius 2 is 1.86 bits per heavy atom. The lowest BCUT2D eigenvalue weighted by molar-refractivity contribution is 0.313. The van der Waals surface area contributed by atoms with Crippen LogP contribution in [0.25, 0.3) is 0 Å². The van der Waals surface area contributed by atoms with E-state index >= 15 is 0 Å². The van der Waals surface area contributed by atoms with E-state index in [4.69, 9.17) is 16.3 Å². The Kier molecular flexibility index (Phi) is 4.21. The standard InChI is InChI=1S/C11H14ClFO/c1-8-6-10(13)7-9(2)11(8)14-5-3-4-12/h6-7H,3-5H2,1-2H3. The van der Waals surface area contributed by atoms with Gasteiger partial charge in [-0.05, 0) is 43.5 Å². The highest BCUT2D eigenvalue weighted by molar-refractivity contribution is 6.17. The minimum absolute atomic E-state index is 0.218. The second-order valence-electron chi connectivity index (χ2n) is 3.26. The molecule has 0 atom stereocenters. The van der Waals surface area contributed by atoms with Crippen molar-refractivity contribution in [2.24, 2.45) is 0 Å². The van der Waals surface area contributed by atoms with Crippen LogP contribution in [0.3, 0.4) is 0 Å². The third-order valence-electron chi connectivity index (χ3n) is 1.95. The molecule has 0 aliphatic rings. The Hall–Kier alpha value is -0.760. The largest absolute Gasteiger partial charge is 0.493 e. The van der Waals surface area contributed by atoms with Crippen molar-refractivity contribution >= 4 is 11.6 Å². The maximum atomic E-state index is 12.9. The van der Waals surface area contributed by atoms with E-state index in [1.54, 1.807) is 0 Å².